The second-order valence-electron chi connectivity index (χ2n) is 2.85. The van der Waals surface area contributed by atoms with Crippen LogP contribution in [0.5, 0.6) is 0 Å². The van der Waals surface area contributed by atoms with Gasteiger partial charge in [0.05, 0.1) is 10.6 Å². The lowest BCUT2D eigenvalue weighted by atomic mass is 10.2. The quantitative estimate of drug-likeness (QED) is 0.786. The van der Waals surface area contributed by atoms with E-state index in [0.29, 0.717) is 5.56 Å². The van der Waals surface area contributed by atoms with Crippen molar-refractivity contribution < 1.29 is 17.2 Å². The molecule has 0 bridgehead atoms. The van der Waals surface area contributed by atoms with Crippen molar-refractivity contribution >= 4 is 20.9 Å². The first-order valence-corrected chi connectivity index (χ1v) is 6.93. The van der Waals surface area contributed by atoms with Crippen molar-refractivity contribution in [3.05, 3.63) is 29.8 Å². The first-order valence-electron chi connectivity index (χ1n) is 3.76. The van der Waals surface area contributed by atoms with Gasteiger partial charge in [-0.25, -0.2) is 12.6 Å². The van der Waals surface area contributed by atoms with Gasteiger partial charge in [0.2, 0.25) is 0 Å². The van der Waals surface area contributed by atoms with Crippen LogP contribution in [0.15, 0.2) is 29.2 Å². The summed E-state index contributed by atoms with van der Waals surface area (Å²) in [4.78, 5) is 0.113. The van der Waals surface area contributed by atoms with Crippen LogP contribution in [0.2, 0.25) is 0 Å². The molecule has 0 saturated heterocycles. The second kappa shape index (κ2) is 4.20. The summed E-state index contributed by atoms with van der Waals surface area (Å²) in [6.07, 6.45) is 1.08. The molecule has 1 rings (SSSR count). The van der Waals surface area contributed by atoms with Crippen LogP contribution >= 0.6 is 0 Å². The van der Waals surface area contributed by atoms with Crippen LogP contribution in [0, 0.1) is 0 Å². The van der Waals surface area contributed by atoms with Gasteiger partial charge < -0.3 is 4.55 Å². The summed E-state index contributed by atoms with van der Waals surface area (Å²) >= 11 is -2.03. The number of sulfone groups is 1. The largest absolute Gasteiger partial charge is 0.306 e. The molecule has 0 aliphatic rings. The zero-order chi connectivity index (χ0) is 10.8. The molecule has 0 aliphatic carbocycles. The molecule has 0 radical (unpaired) electrons. The second-order valence-corrected chi connectivity index (χ2v) is 5.76. The third-order valence-corrected chi connectivity index (χ3v) is 3.41. The molecule has 0 aromatic heterocycles. The predicted molar refractivity (Wildman–Crippen MR) is 54.0 cm³/mol. The van der Waals surface area contributed by atoms with Gasteiger partial charge in [-0.2, -0.15) is 0 Å². The SMILES string of the molecule is CS(=O)(=O)c1ccccc1CS(=O)O. The lowest BCUT2D eigenvalue weighted by molar-refractivity contribution is 0.563. The van der Waals surface area contributed by atoms with Crippen molar-refractivity contribution in [2.24, 2.45) is 0 Å². The molecule has 6 heteroatoms. The van der Waals surface area contributed by atoms with Crippen LogP contribution in [0.1, 0.15) is 5.56 Å². The lowest BCUT2D eigenvalue weighted by Gasteiger charge is -2.04. The number of hydrogen-bond donors (Lipinski definition) is 1. The zero-order valence-electron chi connectivity index (χ0n) is 7.50. The van der Waals surface area contributed by atoms with Crippen LogP contribution in [0.4, 0.5) is 0 Å². The fourth-order valence-corrected chi connectivity index (χ4v) is 2.67. The van der Waals surface area contributed by atoms with E-state index < -0.39 is 20.9 Å². The van der Waals surface area contributed by atoms with E-state index in [-0.39, 0.29) is 10.6 Å². The average molecular weight is 234 g/mol. The summed E-state index contributed by atoms with van der Waals surface area (Å²) in [5, 5.41) is 0. The maximum absolute atomic E-state index is 11.3. The van der Waals surface area contributed by atoms with Gasteiger partial charge in [-0.3, -0.25) is 0 Å². The minimum atomic E-state index is -3.32. The number of rotatable bonds is 3. The van der Waals surface area contributed by atoms with E-state index in [4.69, 9.17) is 4.55 Å². The van der Waals surface area contributed by atoms with E-state index in [1.54, 1.807) is 12.1 Å². The van der Waals surface area contributed by atoms with Crippen molar-refractivity contribution in [3.63, 3.8) is 0 Å². The van der Waals surface area contributed by atoms with Crippen molar-refractivity contribution in [3.8, 4) is 0 Å². The molecule has 0 saturated carbocycles. The van der Waals surface area contributed by atoms with E-state index in [2.05, 4.69) is 0 Å². The van der Waals surface area contributed by atoms with E-state index in [1.165, 1.54) is 12.1 Å². The van der Waals surface area contributed by atoms with Crippen molar-refractivity contribution in [1.29, 1.82) is 0 Å². The van der Waals surface area contributed by atoms with Gasteiger partial charge in [0, 0.05) is 6.26 Å². The van der Waals surface area contributed by atoms with E-state index in [1.807, 2.05) is 0 Å². The van der Waals surface area contributed by atoms with Gasteiger partial charge in [0.15, 0.2) is 20.9 Å². The first-order chi connectivity index (χ1) is 6.41. The third-order valence-electron chi connectivity index (χ3n) is 1.65. The van der Waals surface area contributed by atoms with Gasteiger partial charge in [-0.1, -0.05) is 18.2 Å². The minimum Gasteiger partial charge on any atom is -0.306 e. The van der Waals surface area contributed by atoms with Crippen LogP contribution in [0.25, 0.3) is 0 Å². The van der Waals surface area contributed by atoms with Gasteiger partial charge in [-0.05, 0) is 11.6 Å². The maximum Gasteiger partial charge on any atom is 0.175 e. The summed E-state index contributed by atoms with van der Waals surface area (Å²) in [6, 6.07) is 6.18. The van der Waals surface area contributed by atoms with Gasteiger partial charge in [0.25, 0.3) is 0 Å². The van der Waals surface area contributed by atoms with Crippen molar-refractivity contribution in [1.82, 2.24) is 0 Å². The van der Waals surface area contributed by atoms with Crippen LogP contribution in [-0.4, -0.2) is 23.4 Å². The zero-order valence-corrected chi connectivity index (χ0v) is 9.14. The highest BCUT2D eigenvalue weighted by Gasteiger charge is 2.13. The topological polar surface area (TPSA) is 71.4 Å². The van der Waals surface area contributed by atoms with Crippen LogP contribution in [0.3, 0.4) is 0 Å². The van der Waals surface area contributed by atoms with Crippen molar-refractivity contribution in [2.75, 3.05) is 6.26 Å². The van der Waals surface area contributed by atoms with Gasteiger partial charge in [0.1, 0.15) is 0 Å². The summed E-state index contributed by atoms with van der Waals surface area (Å²) < 4.78 is 41.7. The maximum atomic E-state index is 11.3. The van der Waals surface area contributed by atoms with E-state index in [9.17, 15) is 12.6 Å². The fourth-order valence-electron chi connectivity index (χ4n) is 1.12. The normalized spacial score (nSPS) is 13.9. The Balaban J connectivity index is 3.23. The van der Waals surface area contributed by atoms with Gasteiger partial charge in [-0.15, -0.1) is 0 Å². The van der Waals surface area contributed by atoms with Gasteiger partial charge >= 0.3 is 0 Å². The molecule has 1 N–H and O–H groups in total. The molecule has 0 heterocycles. The Bertz CT molecular complexity index is 450. The Kier molecular flexibility index (Phi) is 3.41. The Morgan fingerprint density at radius 2 is 1.93 bits per heavy atom. The standard InChI is InChI=1S/C8H10O4S2/c1-14(11,12)8-5-3-2-4-7(8)6-13(9)10/h2-5H,6H2,1H3,(H,9,10). The lowest BCUT2D eigenvalue weighted by Crippen LogP contribution is -2.04. The summed E-state index contributed by atoms with van der Waals surface area (Å²) in [7, 11) is -3.32. The highest BCUT2D eigenvalue weighted by atomic mass is 32.2. The Hall–Kier alpha value is -0.720. The third kappa shape index (κ3) is 2.90. The monoisotopic (exact) mass is 234 g/mol. The molecule has 1 aromatic carbocycles. The molecule has 0 spiro atoms. The molecule has 0 aliphatic heterocycles. The minimum absolute atomic E-state index is 0.113. The Morgan fingerprint density at radius 3 is 2.43 bits per heavy atom. The summed E-state index contributed by atoms with van der Waals surface area (Å²) in [5.74, 6) is -0.163. The molecular weight excluding hydrogens is 224 g/mol. The molecule has 78 valence electrons. The van der Waals surface area contributed by atoms with E-state index >= 15 is 0 Å². The van der Waals surface area contributed by atoms with Crippen molar-refractivity contribution in [2.45, 2.75) is 10.6 Å². The predicted octanol–water partition coefficient (Wildman–Crippen LogP) is 0.812. The molecule has 14 heavy (non-hydrogen) atoms. The highest BCUT2D eigenvalue weighted by Crippen LogP contribution is 2.16. The molecule has 1 atom stereocenters. The highest BCUT2D eigenvalue weighted by molar-refractivity contribution is 7.90. The van der Waals surface area contributed by atoms with Crippen LogP contribution in [-0.2, 0) is 26.7 Å². The summed E-state index contributed by atoms with van der Waals surface area (Å²) in [6.45, 7) is 0. The first kappa shape index (κ1) is 11.4. The van der Waals surface area contributed by atoms with E-state index in [0.717, 1.165) is 6.26 Å². The number of hydrogen-bond acceptors (Lipinski definition) is 3. The average Bonchev–Trinajstić information content (AvgIpc) is 2.01. The molecule has 0 amide bonds. The Labute approximate surface area is 85.2 Å². The molecule has 1 aromatic rings. The smallest absolute Gasteiger partial charge is 0.175 e. The molecule has 0 fully saturated rings. The number of benzene rings is 1. The molecular formula is C8H10O4S2. The fraction of sp³-hybridized carbons (Fsp3) is 0.250. The Morgan fingerprint density at radius 1 is 1.36 bits per heavy atom. The van der Waals surface area contributed by atoms with Crippen LogP contribution < -0.4 is 0 Å². The summed E-state index contributed by atoms with van der Waals surface area (Å²) in [5.41, 5.74) is 0.371. The molecule has 1 unspecified atom stereocenters. The molecule has 4 nitrogen and oxygen atoms in total.